The molecule has 7 nitrogen and oxygen atoms in total. The van der Waals surface area contributed by atoms with Gasteiger partial charge in [0.15, 0.2) is 5.96 Å². The van der Waals surface area contributed by atoms with Gasteiger partial charge in [-0.2, -0.15) is 5.10 Å². The van der Waals surface area contributed by atoms with E-state index in [0.717, 1.165) is 43.3 Å². The lowest BCUT2D eigenvalue weighted by Gasteiger charge is -2.16. The van der Waals surface area contributed by atoms with Crippen molar-refractivity contribution in [3.63, 3.8) is 0 Å². The van der Waals surface area contributed by atoms with Crippen molar-refractivity contribution in [2.24, 2.45) is 10.9 Å². The maximum Gasteiger partial charge on any atom is 0.191 e. The van der Waals surface area contributed by atoms with Crippen molar-refractivity contribution in [2.75, 3.05) is 33.4 Å². The van der Waals surface area contributed by atoms with Crippen LogP contribution < -0.4 is 15.4 Å². The van der Waals surface area contributed by atoms with Crippen LogP contribution in [0.25, 0.3) is 0 Å². The third kappa shape index (κ3) is 9.80. The number of rotatable bonds is 12. The minimum absolute atomic E-state index is 0. The van der Waals surface area contributed by atoms with Gasteiger partial charge in [-0.1, -0.05) is 19.1 Å². The normalized spacial score (nSPS) is 12.2. The van der Waals surface area contributed by atoms with Crippen LogP contribution in [0, 0.1) is 12.8 Å². The van der Waals surface area contributed by atoms with Crippen LogP contribution in [0.3, 0.4) is 0 Å². The fraction of sp³-hybridized carbons (Fsp3) is 0.545. The first-order valence-electron chi connectivity index (χ1n) is 10.3. The van der Waals surface area contributed by atoms with Crippen molar-refractivity contribution >= 4 is 29.9 Å². The lowest BCUT2D eigenvalue weighted by atomic mass is 10.1. The third-order valence-electron chi connectivity index (χ3n) is 4.40. The molecule has 1 aromatic heterocycles. The van der Waals surface area contributed by atoms with Gasteiger partial charge in [-0.05, 0) is 37.5 Å². The summed E-state index contributed by atoms with van der Waals surface area (Å²) in [4.78, 5) is 4.75. The Morgan fingerprint density at radius 3 is 2.80 bits per heavy atom. The maximum atomic E-state index is 5.97. The smallest absolute Gasteiger partial charge is 0.191 e. The molecule has 2 aromatic rings. The molecular weight excluding hydrogens is 493 g/mol. The van der Waals surface area contributed by atoms with Crippen molar-refractivity contribution in [3.05, 3.63) is 47.8 Å². The van der Waals surface area contributed by atoms with Gasteiger partial charge in [-0.3, -0.25) is 4.68 Å². The molecule has 0 spiro atoms. The fourth-order valence-corrected chi connectivity index (χ4v) is 2.88. The van der Waals surface area contributed by atoms with Gasteiger partial charge in [0.25, 0.3) is 0 Å². The van der Waals surface area contributed by atoms with Crippen LogP contribution in [0.15, 0.2) is 41.7 Å². The first-order valence-corrected chi connectivity index (χ1v) is 10.3. The Labute approximate surface area is 197 Å². The number of aromatic nitrogens is 2. The number of halogens is 1. The van der Waals surface area contributed by atoms with Crippen LogP contribution >= 0.6 is 24.0 Å². The molecule has 0 saturated heterocycles. The van der Waals surface area contributed by atoms with E-state index in [0.29, 0.717) is 25.7 Å². The van der Waals surface area contributed by atoms with E-state index >= 15 is 0 Å². The highest BCUT2D eigenvalue weighted by Gasteiger charge is 2.07. The zero-order valence-electron chi connectivity index (χ0n) is 18.6. The highest BCUT2D eigenvalue weighted by Crippen LogP contribution is 2.21. The average molecular weight is 529 g/mol. The molecule has 0 saturated carbocycles. The van der Waals surface area contributed by atoms with Crippen LogP contribution in [0.2, 0.25) is 0 Å². The van der Waals surface area contributed by atoms with E-state index in [1.807, 2.05) is 23.1 Å². The first kappa shape index (κ1) is 26.2. The molecule has 1 atom stereocenters. The average Bonchev–Trinajstić information content (AvgIpc) is 3.21. The summed E-state index contributed by atoms with van der Waals surface area (Å²) in [6.45, 7) is 10.7. The number of hydrogen-bond donors (Lipinski definition) is 2. The lowest BCUT2D eigenvalue weighted by Crippen LogP contribution is -2.40. The number of methoxy groups -OCH3 is 1. The van der Waals surface area contributed by atoms with Gasteiger partial charge in [-0.25, -0.2) is 4.99 Å². The second kappa shape index (κ2) is 15.1. The summed E-state index contributed by atoms with van der Waals surface area (Å²) in [7, 11) is 1.71. The summed E-state index contributed by atoms with van der Waals surface area (Å²) < 4.78 is 13.0. The maximum absolute atomic E-state index is 5.97. The van der Waals surface area contributed by atoms with Crippen molar-refractivity contribution in [3.8, 4) is 5.75 Å². The molecular formula is C22H36IN5O2. The largest absolute Gasteiger partial charge is 0.493 e. The van der Waals surface area contributed by atoms with E-state index in [4.69, 9.17) is 14.5 Å². The third-order valence-corrected chi connectivity index (χ3v) is 4.40. The van der Waals surface area contributed by atoms with Gasteiger partial charge in [0.05, 0.1) is 13.2 Å². The van der Waals surface area contributed by atoms with E-state index < -0.39 is 0 Å². The monoisotopic (exact) mass is 529 g/mol. The van der Waals surface area contributed by atoms with E-state index in [2.05, 4.69) is 54.7 Å². The van der Waals surface area contributed by atoms with Crippen LogP contribution in [0.5, 0.6) is 5.75 Å². The number of hydrogen-bond acceptors (Lipinski definition) is 4. The SMILES string of the molecule is CCNC(=NCc1ccc(C)cc1OCCCOC)NCC(C)Cn1cccn1.I. The van der Waals surface area contributed by atoms with E-state index in [9.17, 15) is 0 Å². The van der Waals surface area contributed by atoms with Gasteiger partial charge in [0.2, 0.25) is 0 Å². The minimum Gasteiger partial charge on any atom is -0.493 e. The molecule has 0 bridgehead atoms. The molecule has 1 aromatic carbocycles. The topological polar surface area (TPSA) is 72.7 Å². The number of aliphatic imine (C=N–C) groups is 1. The second-order valence-corrected chi connectivity index (χ2v) is 7.22. The molecule has 1 heterocycles. The quantitative estimate of drug-likeness (QED) is 0.190. The van der Waals surface area contributed by atoms with Crippen molar-refractivity contribution in [1.82, 2.24) is 20.4 Å². The summed E-state index contributed by atoms with van der Waals surface area (Å²) in [6.07, 6.45) is 4.66. The van der Waals surface area contributed by atoms with Gasteiger partial charge in [-0.15, -0.1) is 24.0 Å². The highest BCUT2D eigenvalue weighted by atomic mass is 127. The van der Waals surface area contributed by atoms with Gasteiger partial charge in [0, 0.05) is 57.7 Å². The van der Waals surface area contributed by atoms with Gasteiger partial charge >= 0.3 is 0 Å². The molecule has 8 heteroatoms. The number of aryl methyl sites for hydroxylation is 1. The molecule has 0 fully saturated rings. The minimum atomic E-state index is 0. The molecule has 0 aliphatic carbocycles. The molecule has 2 rings (SSSR count). The Morgan fingerprint density at radius 1 is 1.27 bits per heavy atom. The number of guanidine groups is 1. The first-order chi connectivity index (χ1) is 14.1. The predicted molar refractivity (Wildman–Crippen MR) is 133 cm³/mol. The lowest BCUT2D eigenvalue weighted by molar-refractivity contribution is 0.172. The molecule has 0 radical (unpaired) electrons. The van der Waals surface area contributed by atoms with Gasteiger partial charge < -0.3 is 20.1 Å². The van der Waals surface area contributed by atoms with Crippen LogP contribution in [0.4, 0.5) is 0 Å². The molecule has 0 amide bonds. The van der Waals surface area contributed by atoms with E-state index in [1.165, 1.54) is 5.56 Å². The molecule has 0 aliphatic heterocycles. The zero-order valence-corrected chi connectivity index (χ0v) is 20.9. The number of nitrogens with zero attached hydrogens (tertiary/aromatic N) is 3. The van der Waals surface area contributed by atoms with Gasteiger partial charge in [0.1, 0.15) is 5.75 Å². The Kier molecular flexibility index (Phi) is 13.2. The van der Waals surface area contributed by atoms with Crippen LogP contribution in [0.1, 0.15) is 31.4 Å². The van der Waals surface area contributed by atoms with E-state index in [-0.39, 0.29) is 24.0 Å². The zero-order chi connectivity index (χ0) is 20.9. The Balaban J connectivity index is 0.00000450. The van der Waals surface area contributed by atoms with Crippen molar-refractivity contribution < 1.29 is 9.47 Å². The fourth-order valence-electron chi connectivity index (χ4n) is 2.88. The summed E-state index contributed by atoms with van der Waals surface area (Å²) in [6, 6.07) is 8.21. The second-order valence-electron chi connectivity index (χ2n) is 7.22. The summed E-state index contributed by atoms with van der Waals surface area (Å²) in [5.74, 6) is 2.14. The van der Waals surface area contributed by atoms with Crippen LogP contribution in [-0.4, -0.2) is 49.2 Å². The predicted octanol–water partition coefficient (Wildman–Crippen LogP) is 3.62. The molecule has 0 aliphatic rings. The number of benzene rings is 1. The van der Waals surface area contributed by atoms with Crippen molar-refractivity contribution in [1.29, 1.82) is 0 Å². The highest BCUT2D eigenvalue weighted by molar-refractivity contribution is 14.0. The summed E-state index contributed by atoms with van der Waals surface area (Å²) in [5.41, 5.74) is 2.26. The molecule has 2 N–H and O–H groups in total. The number of ether oxygens (including phenoxy) is 2. The summed E-state index contributed by atoms with van der Waals surface area (Å²) >= 11 is 0. The Hall–Kier alpha value is -1.81. The van der Waals surface area contributed by atoms with E-state index in [1.54, 1.807) is 7.11 Å². The standard InChI is InChI=1S/C22H35N5O2.HI/c1-5-23-22(24-15-19(3)17-27-11-6-10-26-27)25-16-20-9-8-18(2)14-21(20)29-13-7-12-28-4;/h6,8-11,14,19H,5,7,12-13,15-17H2,1-4H3,(H2,23,24,25);1H. The number of nitrogens with one attached hydrogen (secondary N) is 2. The molecule has 168 valence electrons. The molecule has 30 heavy (non-hydrogen) atoms. The van der Waals surface area contributed by atoms with Crippen LogP contribution in [-0.2, 0) is 17.8 Å². The molecule has 1 unspecified atom stereocenters. The van der Waals surface area contributed by atoms with Crippen molar-refractivity contribution in [2.45, 2.75) is 40.3 Å². The summed E-state index contributed by atoms with van der Waals surface area (Å²) in [5, 5.41) is 11.0. The Morgan fingerprint density at radius 2 is 2.10 bits per heavy atom. The Bertz CT molecular complexity index is 737.